The zero-order valence-electron chi connectivity index (χ0n) is 18.5. The van der Waals surface area contributed by atoms with Gasteiger partial charge in [-0.3, -0.25) is 10.1 Å². The third-order valence-corrected chi connectivity index (χ3v) is 6.87. The second-order valence-corrected chi connectivity index (χ2v) is 8.89. The second-order valence-electron chi connectivity index (χ2n) is 8.89. The van der Waals surface area contributed by atoms with Crippen LogP contribution in [-0.4, -0.2) is 35.7 Å². The number of hydrogen-bond donors (Lipinski definition) is 2. The summed E-state index contributed by atoms with van der Waals surface area (Å²) in [4.78, 5) is 13.7. The van der Waals surface area contributed by atoms with E-state index in [0.717, 1.165) is 45.8 Å². The van der Waals surface area contributed by atoms with Gasteiger partial charge in [-0.1, -0.05) is 24.3 Å². The highest BCUT2D eigenvalue weighted by Crippen LogP contribution is 2.29. The van der Waals surface area contributed by atoms with Crippen molar-refractivity contribution in [2.45, 2.75) is 26.6 Å². The van der Waals surface area contributed by atoms with Crippen LogP contribution in [0.4, 0.5) is 5.69 Å². The summed E-state index contributed by atoms with van der Waals surface area (Å²) >= 11 is 0. The molecule has 2 heterocycles. The van der Waals surface area contributed by atoms with Crippen molar-refractivity contribution < 1.29 is 14.7 Å². The molecule has 0 amide bonds. The summed E-state index contributed by atoms with van der Waals surface area (Å²) in [6.07, 6.45) is 0. The third kappa shape index (κ3) is 3.99. The minimum absolute atomic E-state index is 0.164. The Bertz CT molecular complexity index is 1250. The Labute approximate surface area is 187 Å². The number of quaternary nitrogens is 2. The van der Waals surface area contributed by atoms with Gasteiger partial charge in [-0.2, -0.15) is 0 Å². The van der Waals surface area contributed by atoms with Gasteiger partial charge in [0, 0.05) is 51.6 Å². The van der Waals surface area contributed by atoms with Crippen LogP contribution in [0.1, 0.15) is 18.1 Å². The molecule has 4 aromatic rings. The lowest BCUT2D eigenvalue weighted by Crippen LogP contribution is -3.27. The summed E-state index contributed by atoms with van der Waals surface area (Å²) in [6.45, 7) is 9.75. The molecule has 164 valence electrons. The average Bonchev–Trinajstić information content (AvgIpc) is 3.14. The number of hydrogen-bond acceptors (Lipinski definition) is 2. The number of piperazine rings is 1. The SMILES string of the molecule is CCn1c2ccccc2c2cc(C[NH+]3CC[NH+](Cc4ccc([N+](=O)[O-])cc4)CC3)ccc21. The second kappa shape index (κ2) is 8.73. The van der Waals surface area contributed by atoms with Crippen molar-refractivity contribution >= 4 is 27.5 Å². The first kappa shape index (κ1) is 20.7. The van der Waals surface area contributed by atoms with E-state index in [0.29, 0.717) is 0 Å². The number of rotatable bonds is 6. The summed E-state index contributed by atoms with van der Waals surface area (Å²) in [7, 11) is 0. The van der Waals surface area contributed by atoms with Crippen LogP contribution >= 0.6 is 0 Å². The summed E-state index contributed by atoms with van der Waals surface area (Å²) in [5.41, 5.74) is 5.39. The van der Waals surface area contributed by atoms with Crippen LogP contribution in [0.2, 0.25) is 0 Å². The molecule has 3 aromatic carbocycles. The van der Waals surface area contributed by atoms with Crippen molar-refractivity contribution in [2.24, 2.45) is 0 Å². The van der Waals surface area contributed by atoms with Crippen LogP contribution in [0, 0.1) is 10.1 Å². The molecule has 5 rings (SSSR count). The third-order valence-electron chi connectivity index (χ3n) is 6.87. The summed E-state index contributed by atoms with van der Waals surface area (Å²) < 4.78 is 2.40. The normalized spacial score (nSPS) is 18.9. The molecule has 0 aliphatic carbocycles. The van der Waals surface area contributed by atoms with Gasteiger partial charge in [0.1, 0.15) is 39.3 Å². The Balaban J connectivity index is 1.24. The van der Waals surface area contributed by atoms with Crippen LogP contribution < -0.4 is 9.80 Å². The predicted molar refractivity (Wildman–Crippen MR) is 127 cm³/mol. The van der Waals surface area contributed by atoms with Crippen molar-refractivity contribution in [3.63, 3.8) is 0 Å². The van der Waals surface area contributed by atoms with Crippen LogP contribution in [0.25, 0.3) is 21.8 Å². The van der Waals surface area contributed by atoms with Crippen LogP contribution in [0.5, 0.6) is 0 Å². The smallest absolute Gasteiger partial charge is 0.269 e. The predicted octanol–water partition coefficient (Wildman–Crippen LogP) is 2.21. The van der Waals surface area contributed by atoms with E-state index in [9.17, 15) is 10.1 Å². The molecule has 32 heavy (non-hydrogen) atoms. The maximum atomic E-state index is 10.8. The van der Waals surface area contributed by atoms with E-state index in [4.69, 9.17) is 0 Å². The number of aryl methyl sites for hydroxylation is 1. The van der Waals surface area contributed by atoms with E-state index < -0.39 is 0 Å². The number of para-hydroxylation sites is 1. The zero-order chi connectivity index (χ0) is 22.1. The molecule has 0 spiro atoms. The fourth-order valence-electron chi connectivity index (χ4n) is 5.18. The van der Waals surface area contributed by atoms with Gasteiger partial charge >= 0.3 is 0 Å². The highest BCUT2D eigenvalue weighted by molar-refractivity contribution is 6.08. The standard InChI is InChI=1S/C26H28N4O2/c1-2-29-25-6-4-3-5-23(25)24-17-21(9-12-26(24)29)19-28-15-13-27(14-16-28)18-20-7-10-22(11-8-20)30(31)32/h3-12,17H,2,13-16,18-19H2,1H3/p+2. The molecule has 1 saturated heterocycles. The fraction of sp³-hybridized carbons (Fsp3) is 0.308. The van der Waals surface area contributed by atoms with Crippen molar-refractivity contribution in [3.05, 3.63) is 88.0 Å². The molecule has 6 nitrogen and oxygen atoms in total. The molecule has 1 aromatic heterocycles. The van der Waals surface area contributed by atoms with Crippen molar-refractivity contribution in [1.82, 2.24) is 4.57 Å². The Hall–Kier alpha value is -3.22. The van der Waals surface area contributed by atoms with Crippen molar-refractivity contribution in [2.75, 3.05) is 26.2 Å². The number of aromatic nitrogens is 1. The quantitative estimate of drug-likeness (QED) is 0.364. The van der Waals surface area contributed by atoms with E-state index in [-0.39, 0.29) is 10.6 Å². The fourth-order valence-corrected chi connectivity index (χ4v) is 5.18. The summed E-state index contributed by atoms with van der Waals surface area (Å²) in [5.74, 6) is 0. The minimum Gasteiger partial charge on any atom is -0.341 e. The molecule has 0 bridgehead atoms. The van der Waals surface area contributed by atoms with Crippen LogP contribution in [-0.2, 0) is 19.6 Å². The Morgan fingerprint density at radius 1 is 0.812 bits per heavy atom. The first-order valence-corrected chi connectivity index (χ1v) is 11.5. The van der Waals surface area contributed by atoms with Crippen LogP contribution in [0.15, 0.2) is 66.7 Å². The first-order chi connectivity index (χ1) is 15.6. The highest BCUT2D eigenvalue weighted by atomic mass is 16.6. The molecule has 1 aliphatic heterocycles. The van der Waals surface area contributed by atoms with E-state index in [1.165, 1.54) is 32.9 Å². The largest absolute Gasteiger partial charge is 0.341 e. The maximum Gasteiger partial charge on any atom is 0.269 e. The molecule has 0 saturated carbocycles. The molecule has 1 aliphatic rings. The maximum absolute atomic E-state index is 10.8. The summed E-state index contributed by atoms with van der Waals surface area (Å²) in [5, 5.41) is 13.5. The topological polar surface area (TPSA) is 57.0 Å². The Kier molecular flexibility index (Phi) is 5.64. The van der Waals surface area contributed by atoms with Gasteiger partial charge in [-0.25, -0.2) is 0 Å². The molecule has 0 radical (unpaired) electrons. The van der Waals surface area contributed by atoms with Gasteiger partial charge in [0.2, 0.25) is 0 Å². The first-order valence-electron chi connectivity index (χ1n) is 11.5. The number of nitrogens with one attached hydrogen (secondary N) is 2. The molecule has 2 N–H and O–H groups in total. The van der Waals surface area contributed by atoms with E-state index in [2.05, 4.69) is 54.0 Å². The van der Waals surface area contributed by atoms with Crippen LogP contribution in [0.3, 0.4) is 0 Å². The lowest BCUT2D eigenvalue weighted by Gasteiger charge is -2.29. The van der Waals surface area contributed by atoms with Crippen molar-refractivity contribution in [1.29, 1.82) is 0 Å². The monoisotopic (exact) mass is 430 g/mol. The van der Waals surface area contributed by atoms with Crippen molar-refractivity contribution in [3.8, 4) is 0 Å². The average molecular weight is 431 g/mol. The lowest BCUT2D eigenvalue weighted by atomic mass is 10.1. The minimum atomic E-state index is -0.337. The lowest BCUT2D eigenvalue weighted by molar-refractivity contribution is -1.02. The van der Waals surface area contributed by atoms with E-state index >= 15 is 0 Å². The molecule has 0 atom stereocenters. The Morgan fingerprint density at radius 2 is 1.41 bits per heavy atom. The molecular weight excluding hydrogens is 400 g/mol. The molecule has 1 fully saturated rings. The summed E-state index contributed by atoms with van der Waals surface area (Å²) in [6, 6.07) is 22.7. The van der Waals surface area contributed by atoms with Gasteiger partial charge in [0.15, 0.2) is 0 Å². The number of nitro groups is 1. The number of nitro benzene ring substituents is 1. The van der Waals surface area contributed by atoms with Gasteiger partial charge < -0.3 is 14.4 Å². The number of nitrogens with zero attached hydrogens (tertiary/aromatic N) is 2. The number of benzene rings is 3. The molecule has 0 unspecified atom stereocenters. The molecule has 6 heteroatoms. The van der Waals surface area contributed by atoms with E-state index in [1.807, 2.05) is 12.1 Å². The van der Waals surface area contributed by atoms with Gasteiger partial charge in [-0.05, 0) is 37.3 Å². The van der Waals surface area contributed by atoms with E-state index in [1.54, 1.807) is 21.9 Å². The van der Waals surface area contributed by atoms with Gasteiger partial charge in [0.05, 0.1) is 4.92 Å². The van der Waals surface area contributed by atoms with Gasteiger partial charge in [0.25, 0.3) is 5.69 Å². The number of non-ortho nitro benzene ring substituents is 1. The highest BCUT2D eigenvalue weighted by Gasteiger charge is 2.23. The number of fused-ring (bicyclic) bond motifs is 3. The zero-order valence-corrected chi connectivity index (χ0v) is 18.5. The van der Waals surface area contributed by atoms with Gasteiger partial charge in [-0.15, -0.1) is 0 Å². The molecular formula is C26H30N4O2+2. The Morgan fingerprint density at radius 3 is 2.06 bits per heavy atom.